The average molecular weight is 290 g/mol. The fraction of sp³-hybridized carbons (Fsp3) is 0.500. The maximum Gasteiger partial charge on any atom is 0.152 e. The Hall–Kier alpha value is -0.210. The molecule has 1 saturated carbocycles. The molecule has 0 radical (unpaired) electrons. The van der Waals surface area contributed by atoms with Crippen molar-refractivity contribution in [3.05, 3.63) is 27.2 Å². The van der Waals surface area contributed by atoms with Crippen LogP contribution in [-0.2, 0) is 0 Å². The molecule has 1 nitrogen and oxygen atoms in total. The summed E-state index contributed by atoms with van der Waals surface area (Å²) in [6, 6.07) is 3.89. The lowest BCUT2D eigenvalue weighted by atomic mass is 10.2. The summed E-state index contributed by atoms with van der Waals surface area (Å²) in [6.45, 7) is 2.04. The van der Waals surface area contributed by atoms with Crippen LogP contribution in [0.2, 0.25) is 5.02 Å². The number of aryl methyl sites for hydroxylation is 1. The fourth-order valence-electron chi connectivity index (χ4n) is 1.91. The highest BCUT2D eigenvalue weighted by atomic mass is 79.9. The van der Waals surface area contributed by atoms with Gasteiger partial charge >= 0.3 is 0 Å². The van der Waals surface area contributed by atoms with Crippen molar-refractivity contribution < 1.29 is 4.74 Å². The molecule has 0 amide bonds. The molecule has 3 heteroatoms. The van der Waals surface area contributed by atoms with E-state index in [4.69, 9.17) is 16.3 Å². The van der Waals surface area contributed by atoms with Crippen LogP contribution in [0.5, 0.6) is 5.75 Å². The summed E-state index contributed by atoms with van der Waals surface area (Å²) >= 11 is 9.65. The Morgan fingerprint density at radius 2 is 2.00 bits per heavy atom. The van der Waals surface area contributed by atoms with Crippen molar-refractivity contribution in [2.24, 2.45) is 0 Å². The lowest BCUT2D eigenvalue weighted by molar-refractivity contribution is 0.208. The zero-order chi connectivity index (χ0) is 10.8. The van der Waals surface area contributed by atoms with Crippen LogP contribution in [0.25, 0.3) is 0 Å². The van der Waals surface area contributed by atoms with Crippen LogP contribution in [0.15, 0.2) is 16.6 Å². The van der Waals surface area contributed by atoms with E-state index in [0.29, 0.717) is 11.1 Å². The second-order valence-electron chi connectivity index (χ2n) is 4.03. The van der Waals surface area contributed by atoms with Gasteiger partial charge in [-0.1, -0.05) is 17.7 Å². The molecular weight excluding hydrogens is 275 g/mol. The van der Waals surface area contributed by atoms with E-state index >= 15 is 0 Å². The highest BCUT2D eigenvalue weighted by molar-refractivity contribution is 9.10. The van der Waals surface area contributed by atoms with Crippen molar-refractivity contribution in [2.45, 2.75) is 38.7 Å². The third-order valence-electron chi connectivity index (χ3n) is 2.83. The molecule has 0 N–H and O–H groups in total. The Bertz CT molecular complexity index is 359. The summed E-state index contributed by atoms with van der Waals surface area (Å²) in [6.07, 6.45) is 5.19. The maximum absolute atomic E-state index is 6.12. The Kier molecular flexibility index (Phi) is 3.57. The molecule has 0 aliphatic heterocycles. The predicted molar refractivity (Wildman–Crippen MR) is 66.8 cm³/mol. The molecule has 0 heterocycles. The number of benzene rings is 1. The standard InChI is InChI=1S/C12H14BrClO/c1-8-6-7-10(14)12(11(8)13)15-9-4-2-3-5-9/h6-7,9H,2-5H2,1H3. The minimum Gasteiger partial charge on any atom is -0.488 e. The smallest absolute Gasteiger partial charge is 0.152 e. The van der Waals surface area contributed by atoms with Crippen molar-refractivity contribution >= 4 is 27.5 Å². The highest BCUT2D eigenvalue weighted by Crippen LogP contribution is 2.37. The van der Waals surface area contributed by atoms with E-state index in [1.54, 1.807) is 0 Å². The number of ether oxygens (including phenoxy) is 1. The van der Waals surface area contributed by atoms with Gasteiger partial charge in [-0.3, -0.25) is 0 Å². The maximum atomic E-state index is 6.12. The number of hydrogen-bond acceptors (Lipinski definition) is 1. The molecule has 2 rings (SSSR count). The molecule has 0 bridgehead atoms. The summed E-state index contributed by atoms with van der Waals surface area (Å²) < 4.78 is 6.93. The van der Waals surface area contributed by atoms with Crippen molar-refractivity contribution in [1.29, 1.82) is 0 Å². The molecular formula is C12H14BrClO. The van der Waals surface area contributed by atoms with Gasteiger partial charge in [-0.2, -0.15) is 0 Å². The first-order chi connectivity index (χ1) is 7.18. The normalized spacial score (nSPS) is 17.0. The number of hydrogen-bond donors (Lipinski definition) is 0. The van der Waals surface area contributed by atoms with Crippen LogP contribution >= 0.6 is 27.5 Å². The Balaban J connectivity index is 2.22. The SMILES string of the molecule is Cc1ccc(Cl)c(OC2CCCC2)c1Br. The van der Waals surface area contributed by atoms with E-state index < -0.39 is 0 Å². The first-order valence-corrected chi connectivity index (χ1v) is 6.47. The summed E-state index contributed by atoms with van der Waals surface area (Å²) in [5.41, 5.74) is 1.16. The van der Waals surface area contributed by atoms with E-state index in [1.807, 2.05) is 19.1 Å². The first-order valence-electron chi connectivity index (χ1n) is 5.29. The monoisotopic (exact) mass is 288 g/mol. The predicted octanol–water partition coefficient (Wildman–Crippen LogP) is 4.73. The zero-order valence-electron chi connectivity index (χ0n) is 8.72. The van der Waals surface area contributed by atoms with Gasteiger partial charge < -0.3 is 4.74 Å². The van der Waals surface area contributed by atoms with Gasteiger partial charge in [-0.25, -0.2) is 0 Å². The molecule has 1 aliphatic carbocycles. The van der Waals surface area contributed by atoms with Gasteiger partial charge in [0.2, 0.25) is 0 Å². The molecule has 0 spiro atoms. The topological polar surface area (TPSA) is 9.23 Å². The summed E-state index contributed by atoms with van der Waals surface area (Å²) in [7, 11) is 0. The van der Waals surface area contributed by atoms with Crippen molar-refractivity contribution in [1.82, 2.24) is 0 Å². The van der Waals surface area contributed by atoms with Gasteiger partial charge in [-0.15, -0.1) is 0 Å². The molecule has 0 unspecified atom stereocenters. The summed E-state index contributed by atoms with van der Waals surface area (Å²) in [5, 5.41) is 0.694. The van der Waals surface area contributed by atoms with E-state index in [9.17, 15) is 0 Å². The lowest BCUT2D eigenvalue weighted by Crippen LogP contribution is -2.11. The minimum absolute atomic E-state index is 0.348. The Morgan fingerprint density at radius 1 is 1.33 bits per heavy atom. The molecule has 0 atom stereocenters. The Labute approximate surface area is 104 Å². The van der Waals surface area contributed by atoms with Crippen LogP contribution in [0, 0.1) is 6.92 Å². The molecule has 0 aromatic heterocycles. The highest BCUT2D eigenvalue weighted by Gasteiger charge is 2.19. The third kappa shape index (κ3) is 2.48. The first kappa shape index (κ1) is 11.3. The zero-order valence-corrected chi connectivity index (χ0v) is 11.1. The van der Waals surface area contributed by atoms with E-state index in [1.165, 1.54) is 12.8 Å². The molecule has 0 saturated heterocycles. The van der Waals surface area contributed by atoms with Crippen LogP contribution in [0.4, 0.5) is 0 Å². The van der Waals surface area contributed by atoms with Gasteiger partial charge in [0, 0.05) is 0 Å². The van der Waals surface area contributed by atoms with Crippen LogP contribution < -0.4 is 4.74 Å². The second kappa shape index (κ2) is 4.75. The van der Waals surface area contributed by atoms with E-state index in [0.717, 1.165) is 28.6 Å². The van der Waals surface area contributed by atoms with Crippen molar-refractivity contribution in [3.8, 4) is 5.75 Å². The molecule has 1 aromatic rings. The lowest BCUT2D eigenvalue weighted by Gasteiger charge is -2.16. The minimum atomic E-state index is 0.348. The average Bonchev–Trinajstić information content (AvgIpc) is 2.71. The van der Waals surface area contributed by atoms with E-state index in [-0.39, 0.29) is 0 Å². The number of rotatable bonds is 2. The summed E-state index contributed by atoms with van der Waals surface area (Å²) in [5.74, 6) is 0.809. The summed E-state index contributed by atoms with van der Waals surface area (Å²) in [4.78, 5) is 0. The van der Waals surface area contributed by atoms with Crippen molar-refractivity contribution in [3.63, 3.8) is 0 Å². The van der Waals surface area contributed by atoms with Gasteiger partial charge in [0.25, 0.3) is 0 Å². The fourth-order valence-corrected chi connectivity index (χ4v) is 2.67. The molecule has 1 aliphatic rings. The Morgan fingerprint density at radius 3 is 2.67 bits per heavy atom. The van der Waals surface area contributed by atoms with Gasteiger partial charge in [-0.05, 0) is 60.2 Å². The quantitative estimate of drug-likeness (QED) is 0.764. The van der Waals surface area contributed by atoms with Crippen LogP contribution in [0.3, 0.4) is 0 Å². The molecule has 1 aromatic carbocycles. The van der Waals surface area contributed by atoms with Crippen LogP contribution in [0.1, 0.15) is 31.2 Å². The van der Waals surface area contributed by atoms with Gasteiger partial charge in [0.15, 0.2) is 5.75 Å². The molecule has 15 heavy (non-hydrogen) atoms. The van der Waals surface area contributed by atoms with Crippen molar-refractivity contribution in [2.75, 3.05) is 0 Å². The second-order valence-corrected chi connectivity index (χ2v) is 5.23. The van der Waals surface area contributed by atoms with Gasteiger partial charge in [0.1, 0.15) is 0 Å². The van der Waals surface area contributed by atoms with Gasteiger partial charge in [0.05, 0.1) is 15.6 Å². The number of halogens is 2. The van der Waals surface area contributed by atoms with Crippen LogP contribution in [-0.4, -0.2) is 6.10 Å². The van der Waals surface area contributed by atoms with E-state index in [2.05, 4.69) is 15.9 Å². The molecule has 82 valence electrons. The molecule has 1 fully saturated rings. The third-order valence-corrected chi connectivity index (χ3v) is 4.11. The largest absolute Gasteiger partial charge is 0.488 e.